The summed E-state index contributed by atoms with van der Waals surface area (Å²) in [5.41, 5.74) is 0. The Morgan fingerprint density at radius 1 is 1.03 bits per heavy atom. The molecule has 39 heavy (non-hydrogen) atoms. The molecule has 3 heterocycles. The van der Waals surface area contributed by atoms with Crippen molar-refractivity contribution in [1.82, 2.24) is 4.90 Å². The summed E-state index contributed by atoms with van der Waals surface area (Å²) in [5, 5.41) is 0. The van der Waals surface area contributed by atoms with Crippen molar-refractivity contribution in [2.24, 2.45) is 0 Å². The van der Waals surface area contributed by atoms with Crippen LogP contribution in [0.1, 0.15) is 80.1 Å². The average molecular weight is 580 g/mol. The Morgan fingerprint density at radius 3 is 2.15 bits per heavy atom. The Morgan fingerprint density at radius 2 is 1.64 bits per heavy atom. The quantitative estimate of drug-likeness (QED) is 0.176. The largest absolute Gasteiger partial charge is 0.477 e. The number of phosphoric acid groups is 1. The summed E-state index contributed by atoms with van der Waals surface area (Å²) < 4.78 is 60.0. The Kier molecular flexibility index (Phi) is 10.6. The van der Waals surface area contributed by atoms with Crippen LogP contribution in [0.4, 0.5) is 4.79 Å². The molecule has 6 atom stereocenters. The molecule has 3 fully saturated rings. The van der Waals surface area contributed by atoms with Crippen molar-refractivity contribution in [3.63, 3.8) is 0 Å². The molecule has 3 aliphatic heterocycles. The molecule has 0 bridgehead atoms. The number of methoxy groups -OCH3 is 1. The summed E-state index contributed by atoms with van der Waals surface area (Å²) in [4.78, 5) is 39.6. The van der Waals surface area contributed by atoms with Crippen molar-refractivity contribution in [3.8, 4) is 0 Å². The summed E-state index contributed by atoms with van der Waals surface area (Å²) in [7, 11) is -3.27. The summed E-state index contributed by atoms with van der Waals surface area (Å²) in [6.45, 7) is 10.5. The van der Waals surface area contributed by atoms with Gasteiger partial charge >= 0.3 is 19.9 Å². The van der Waals surface area contributed by atoms with E-state index in [9.17, 15) is 18.9 Å². The minimum atomic E-state index is -4.39. The molecule has 0 aromatic heterocycles. The minimum Gasteiger partial charge on any atom is -0.465 e. The number of amides is 2. The van der Waals surface area contributed by atoms with Crippen LogP contribution in [0.2, 0.25) is 0 Å². The predicted octanol–water partition coefficient (Wildman–Crippen LogP) is 4.07. The molecule has 0 aromatic carbocycles. The number of rotatable bonds is 13. The van der Waals surface area contributed by atoms with E-state index in [1.54, 1.807) is 13.8 Å². The second-order valence-corrected chi connectivity index (χ2v) is 11.9. The summed E-state index contributed by atoms with van der Waals surface area (Å²) in [6, 6.07) is -0.977. The molecule has 3 saturated heterocycles. The highest BCUT2D eigenvalue weighted by Gasteiger charge is 2.66. The van der Waals surface area contributed by atoms with E-state index in [2.05, 4.69) is 0 Å². The van der Waals surface area contributed by atoms with Gasteiger partial charge in [0, 0.05) is 6.92 Å². The van der Waals surface area contributed by atoms with E-state index < -0.39 is 74.2 Å². The second-order valence-electron chi connectivity index (χ2n) is 10.3. The monoisotopic (exact) mass is 579 g/mol. The van der Waals surface area contributed by atoms with E-state index in [4.69, 9.17) is 37.3 Å². The molecule has 14 heteroatoms. The number of unbranched alkanes of at least 4 members (excludes halogenated alkanes) is 2. The summed E-state index contributed by atoms with van der Waals surface area (Å²) in [5.74, 6) is -5.00. The standard InChI is InChI=1S/C25H42NO12P/c1-8-11-13-32-39(30,33-14-12-9-2)38-25(22(28)31-7)15-18-19(26(16(4)27)23(29)34-18)21(37-25)20-17(10-3)35-24(5,6)36-20/h17-21H,8-15H2,1-7H3/t17-,18-,19-,20-,21?,25-/m1/s1. The number of carbonyl (C=O) groups excluding carboxylic acids is 3. The zero-order chi connectivity index (χ0) is 29.0. The molecule has 3 aliphatic rings. The van der Waals surface area contributed by atoms with Gasteiger partial charge in [0.2, 0.25) is 5.91 Å². The molecule has 0 aromatic rings. The molecular formula is C25H42NO12P. The fourth-order valence-corrected chi connectivity index (χ4v) is 6.46. The number of nitrogens with zero attached hydrogens (tertiary/aromatic N) is 1. The summed E-state index contributed by atoms with van der Waals surface area (Å²) in [6.07, 6.45) is -1.85. The van der Waals surface area contributed by atoms with E-state index in [0.717, 1.165) is 24.9 Å². The zero-order valence-electron chi connectivity index (χ0n) is 23.8. The third-order valence-corrected chi connectivity index (χ3v) is 8.31. The van der Waals surface area contributed by atoms with E-state index in [-0.39, 0.29) is 13.2 Å². The van der Waals surface area contributed by atoms with E-state index >= 15 is 0 Å². The van der Waals surface area contributed by atoms with E-state index in [1.807, 2.05) is 20.8 Å². The number of esters is 1. The number of phosphoric ester groups is 1. The Balaban J connectivity index is 2.07. The van der Waals surface area contributed by atoms with Crippen LogP contribution in [0.5, 0.6) is 0 Å². The highest BCUT2D eigenvalue weighted by Crippen LogP contribution is 2.57. The Labute approximate surface area is 229 Å². The number of carbonyl (C=O) groups is 3. The van der Waals surface area contributed by atoms with Gasteiger partial charge in [-0.2, -0.15) is 0 Å². The first-order valence-electron chi connectivity index (χ1n) is 13.6. The van der Waals surface area contributed by atoms with Crippen LogP contribution >= 0.6 is 7.82 Å². The second kappa shape index (κ2) is 12.9. The SMILES string of the molecule is CCCCOP(=O)(OCCCC)O[C@@]1(C(=O)OC)C[C@H]2OC(=O)N(C(C)=O)[C@H]2C([C@@H]2OC(C)(C)O[C@@H]2CC)O1. The van der Waals surface area contributed by atoms with Gasteiger partial charge in [0.1, 0.15) is 24.4 Å². The maximum Gasteiger partial charge on any atom is 0.477 e. The third-order valence-electron chi connectivity index (χ3n) is 6.80. The molecule has 0 saturated carbocycles. The first kappa shape index (κ1) is 31.9. The highest BCUT2D eigenvalue weighted by molar-refractivity contribution is 7.48. The molecule has 1 unspecified atom stereocenters. The van der Waals surface area contributed by atoms with Crippen molar-refractivity contribution in [2.45, 2.75) is 122 Å². The lowest BCUT2D eigenvalue weighted by Gasteiger charge is -2.46. The molecule has 224 valence electrons. The number of fused-ring (bicyclic) bond motifs is 1. The van der Waals surface area contributed by atoms with Gasteiger partial charge in [0.05, 0.1) is 32.8 Å². The first-order chi connectivity index (χ1) is 18.4. The number of hydrogen-bond acceptors (Lipinski definition) is 12. The van der Waals surface area contributed by atoms with Gasteiger partial charge in [-0.25, -0.2) is 23.6 Å². The molecule has 0 aliphatic carbocycles. The fraction of sp³-hybridized carbons (Fsp3) is 0.880. The van der Waals surface area contributed by atoms with Crippen LogP contribution in [-0.2, 0) is 51.4 Å². The van der Waals surface area contributed by atoms with Gasteiger partial charge in [-0.05, 0) is 33.1 Å². The van der Waals surface area contributed by atoms with Crippen molar-refractivity contribution >= 4 is 25.8 Å². The Bertz CT molecular complexity index is 930. The first-order valence-corrected chi connectivity index (χ1v) is 15.0. The van der Waals surface area contributed by atoms with Gasteiger partial charge < -0.3 is 23.7 Å². The lowest BCUT2D eigenvalue weighted by Crippen LogP contribution is -2.65. The van der Waals surface area contributed by atoms with Gasteiger partial charge in [-0.15, -0.1) is 0 Å². The van der Waals surface area contributed by atoms with Crippen LogP contribution < -0.4 is 0 Å². The Hall–Kier alpha value is -1.60. The lowest BCUT2D eigenvalue weighted by atomic mass is 9.88. The molecule has 2 amide bonds. The van der Waals surface area contributed by atoms with E-state index in [1.165, 1.54) is 6.92 Å². The van der Waals surface area contributed by atoms with E-state index in [0.29, 0.717) is 19.3 Å². The molecule has 13 nitrogen and oxygen atoms in total. The maximum absolute atomic E-state index is 13.9. The topological polar surface area (TPSA) is 145 Å². The van der Waals surface area contributed by atoms with Gasteiger partial charge in [0.25, 0.3) is 5.79 Å². The zero-order valence-corrected chi connectivity index (χ0v) is 24.7. The van der Waals surface area contributed by atoms with Crippen LogP contribution in [0.25, 0.3) is 0 Å². The van der Waals surface area contributed by atoms with Gasteiger partial charge in [-0.1, -0.05) is 33.6 Å². The number of hydrogen-bond donors (Lipinski definition) is 0. The maximum atomic E-state index is 13.9. The van der Waals surface area contributed by atoms with Crippen molar-refractivity contribution in [2.75, 3.05) is 20.3 Å². The molecular weight excluding hydrogens is 537 g/mol. The van der Waals surface area contributed by atoms with Gasteiger partial charge in [-0.3, -0.25) is 13.8 Å². The molecule has 0 spiro atoms. The minimum absolute atomic E-state index is 0.0470. The molecule has 3 rings (SSSR count). The van der Waals surface area contributed by atoms with Gasteiger partial charge in [0.15, 0.2) is 5.79 Å². The number of ether oxygens (including phenoxy) is 5. The average Bonchev–Trinajstić information content (AvgIpc) is 3.37. The molecule has 0 radical (unpaired) electrons. The van der Waals surface area contributed by atoms with Crippen LogP contribution in [0.3, 0.4) is 0 Å². The van der Waals surface area contributed by atoms with Crippen molar-refractivity contribution in [1.29, 1.82) is 0 Å². The van der Waals surface area contributed by atoms with Crippen molar-refractivity contribution in [3.05, 3.63) is 0 Å². The smallest absolute Gasteiger partial charge is 0.465 e. The molecule has 0 N–H and O–H groups in total. The van der Waals surface area contributed by atoms with Crippen molar-refractivity contribution < 1.29 is 56.2 Å². The normalized spacial score (nSPS) is 32.1. The number of imide groups is 1. The van der Waals surface area contributed by atoms with Crippen LogP contribution in [0, 0.1) is 0 Å². The lowest BCUT2D eigenvalue weighted by molar-refractivity contribution is -0.287. The van der Waals surface area contributed by atoms with Crippen LogP contribution in [0.15, 0.2) is 0 Å². The highest BCUT2D eigenvalue weighted by atomic mass is 31.2. The fourth-order valence-electron chi connectivity index (χ4n) is 5.02. The van der Waals surface area contributed by atoms with Crippen LogP contribution in [-0.4, -0.2) is 85.2 Å². The summed E-state index contributed by atoms with van der Waals surface area (Å²) >= 11 is 0. The predicted molar refractivity (Wildman–Crippen MR) is 135 cm³/mol. The third kappa shape index (κ3) is 7.01.